The average Bonchev–Trinajstić information content (AvgIpc) is 3.26. The van der Waals surface area contributed by atoms with Crippen LogP contribution < -0.4 is 10.2 Å². The molecule has 0 saturated carbocycles. The van der Waals surface area contributed by atoms with Gasteiger partial charge in [0.1, 0.15) is 5.82 Å². The van der Waals surface area contributed by atoms with Crippen molar-refractivity contribution in [1.82, 2.24) is 15.1 Å². The Balaban J connectivity index is 1.34. The van der Waals surface area contributed by atoms with Crippen molar-refractivity contribution in [3.8, 4) is 0 Å². The summed E-state index contributed by atoms with van der Waals surface area (Å²) in [6.45, 7) is 10.6. The van der Waals surface area contributed by atoms with Gasteiger partial charge in [0.05, 0.1) is 18.3 Å². The van der Waals surface area contributed by atoms with Crippen molar-refractivity contribution in [2.45, 2.75) is 58.1 Å². The Morgan fingerprint density at radius 1 is 1.09 bits per heavy atom. The third-order valence-corrected chi connectivity index (χ3v) is 7.11. The lowest BCUT2D eigenvalue weighted by atomic mass is 10.1. The molecule has 4 rings (SSSR count). The molecule has 32 heavy (non-hydrogen) atoms. The number of aliphatic imine (C=N–C) groups is 1. The first-order valence-electron chi connectivity index (χ1n) is 12.6. The minimum absolute atomic E-state index is 0.193. The summed E-state index contributed by atoms with van der Waals surface area (Å²) < 4.78 is 14.8. The Kier molecular flexibility index (Phi) is 8.25. The monoisotopic (exact) mass is 445 g/mol. The Morgan fingerprint density at radius 3 is 2.59 bits per heavy atom. The van der Waals surface area contributed by atoms with E-state index in [1.165, 1.54) is 45.3 Å². The van der Waals surface area contributed by atoms with Gasteiger partial charge in [0.15, 0.2) is 5.96 Å². The molecule has 1 aromatic carbocycles. The van der Waals surface area contributed by atoms with Crippen LogP contribution >= 0.6 is 0 Å². The molecule has 0 aliphatic carbocycles. The summed E-state index contributed by atoms with van der Waals surface area (Å²) in [5.74, 6) is 1.46. The van der Waals surface area contributed by atoms with Crippen molar-refractivity contribution in [3.63, 3.8) is 0 Å². The van der Waals surface area contributed by atoms with Gasteiger partial charge in [0.25, 0.3) is 0 Å². The van der Waals surface area contributed by atoms with Crippen LogP contribution in [-0.4, -0.2) is 79.3 Å². The maximum atomic E-state index is 14.8. The lowest BCUT2D eigenvalue weighted by molar-refractivity contribution is 0.145. The van der Waals surface area contributed by atoms with Gasteiger partial charge in [-0.25, -0.2) is 9.38 Å². The molecule has 0 bridgehead atoms. The largest absolute Gasteiger partial charge is 0.393 e. The fourth-order valence-corrected chi connectivity index (χ4v) is 5.29. The molecular formula is C25H40FN5O. The van der Waals surface area contributed by atoms with Crippen molar-refractivity contribution in [1.29, 1.82) is 0 Å². The molecule has 3 saturated heterocycles. The summed E-state index contributed by atoms with van der Waals surface area (Å²) in [6, 6.07) is 5.48. The molecule has 6 nitrogen and oxygen atoms in total. The fraction of sp³-hybridized carbons (Fsp3) is 0.720. The number of guanidine groups is 1. The zero-order chi connectivity index (χ0) is 22.3. The van der Waals surface area contributed by atoms with Crippen LogP contribution in [0, 0.1) is 11.7 Å². The lowest BCUT2D eigenvalue weighted by Gasteiger charge is -2.31. The highest BCUT2D eigenvalue weighted by atomic mass is 19.1. The van der Waals surface area contributed by atoms with E-state index in [1.54, 1.807) is 6.07 Å². The zero-order valence-electron chi connectivity index (χ0n) is 19.6. The first-order chi connectivity index (χ1) is 15.6. The van der Waals surface area contributed by atoms with Crippen LogP contribution in [0.2, 0.25) is 0 Å². The summed E-state index contributed by atoms with van der Waals surface area (Å²) in [5.41, 5.74) is 1.53. The number of likely N-dealkylation sites (tertiary alicyclic amines) is 2. The minimum Gasteiger partial charge on any atom is -0.393 e. The second kappa shape index (κ2) is 11.3. The van der Waals surface area contributed by atoms with E-state index < -0.39 is 0 Å². The number of piperidine rings is 2. The maximum Gasteiger partial charge on any atom is 0.194 e. The molecule has 1 atom stereocenters. The highest BCUT2D eigenvalue weighted by Crippen LogP contribution is 2.25. The van der Waals surface area contributed by atoms with Gasteiger partial charge in [-0.05, 0) is 75.7 Å². The topological polar surface area (TPSA) is 54.3 Å². The van der Waals surface area contributed by atoms with Crippen molar-refractivity contribution in [2.75, 3.05) is 57.3 Å². The highest BCUT2D eigenvalue weighted by Gasteiger charge is 2.27. The number of nitrogens with zero attached hydrogens (tertiary/aromatic N) is 4. The molecule has 178 valence electrons. The number of nitrogens with one attached hydrogen (secondary N) is 1. The summed E-state index contributed by atoms with van der Waals surface area (Å²) in [7, 11) is 0. The minimum atomic E-state index is -0.252. The number of anilines is 1. The highest BCUT2D eigenvalue weighted by molar-refractivity contribution is 5.80. The Morgan fingerprint density at radius 2 is 1.88 bits per heavy atom. The molecule has 0 spiro atoms. The average molecular weight is 446 g/mol. The number of halogens is 1. The molecule has 1 aromatic rings. The predicted octanol–water partition coefficient (Wildman–Crippen LogP) is 3.06. The third kappa shape index (κ3) is 6.13. The maximum absolute atomic E-state index is 14.8. The standard InChI is InChI=1S/C25H40FN5O/c1-2-27-25(31-13-8-21(19-31)18-29-11-4-3-5-12-29)28-17-20-6-7-24(23(26)16-20)30-14-9-22(32)10-15-30/h6-7,16,21-22,32H,2-5,8-15,17-19H2,1H3,(H,27,28). The van der Waals surface area contributed by atoms with Gasteiger partial charge in [-0.2, -0.15) is 0 Å². The van der Waals surface area contributed by atoms with Gasteiger partial charge in [-0.3, -0.25) is 0 Å². The number of aliphatic hydroxyl groups excluding tert-OH is 1. The Labute approximate surface area is 192 Å². The molecule has 0 radical (unpaired) electrons. The van der Waals surface area contributed by atoms with E-state index in [0.29, 0.717) is 44.1 Å². The number of hydrogen-bond donors (Lipinski definition) is 2. The molecule has 7 heteroatoms. The molecule has 3 fully saturated rings. The van der Waals surface area contributed by atoms with Crippen LogP contribution in [0.25, 0.3) is 0 Å². The van der Waals surface area contributed by atoms with Crippen molar-refractivity contribution >= 4 is 11.6 Å². The van der Waals surface area contributed by atoms with E-state index in [1.807, 2.05) is 17.0 Å². The summed E-state index contributed by atoms with van der Waals surface area (Å²) in [4.78, 5) is 11.9. The lowest BCUT2D eigenvalue weighted by Crippen LogP contribution is -2.41. The molecule has 3 aliphatic rings. The normalized spacial score (nSPS) is 23.7. The van der Waals surface area contributed by atoms with E-state index in [2.05, 4.69) is 22.0 Å². The van der Waals surface area contributed by atoms with Crippen molar-refractivity contribution in [3.05, 3.63) is 29.6 Å². The van der Waals surface area contributed by atoms with Gasteiger partial charge >= 0.3 is 0 Å². The fourth-order valence-electron chi connectivity index (χ4n) is 5.29. The van der Waals surface area contributed by atoms with Crippen LogP contribution in [0.1, 0.15) is 51.0 Å². The van der Waals surface area contributed by atoms with Gasteiger partial charge in [-0.15, -0.1) is 0 Å². The Bertz CT molecular complexity index is 759. The van der Waals surface area contributed by atoms with Crippen LogP contribution in [0.4, 0.5) is 10.1 Å². The molecule has 0 aromatic heterocycles. The number of benzene rings is 1. The first-order valence-corrected chi connectivity index (χ1v) is 12.6. The third-order valence-electron chi connectivity index (χ3n) is 7.11. The zero-order valence-corrected chi connectivity index (χ0v) is 19.6. The van der Waals surface area contributed by atoms with Crippen LogP contribution in [0.5, 0.6) is 0 Å². The molecular weight excluding hydrogens is 405 g/mol. The summed E-state index contributed by atoms with van der Waals surface area (Å²) in [6.07, 6.45) is 6.43. The first kappa shape index (κ1) is 23.3. The van der Waals surface area contributed by atoms with E-state index in [-0.39, 0.29) is 11.9 Å². The molecule has 0 amide bonds. The van der Waals surface area contributed by atoms with Crippen molar-refractivity contribution < 1.29 is 9.50 Å². The molecule has 2 N–H and O–H groups in total. The number of rotatable bonds is 6. The molecule has 3 aliphatic heterocycles. The number of hydrogen-bond acceptors (Lipinski definition) is 4. The van der Waals surface area contributed by atoms with E-state index in [0.717, 1.165) is 31.2 Å². The quantitative estimate of drug-likeness (QED) is 0.521. The second-order valence-electron chi connectivity index (χ2n) is 9.64. The van der Waals surface area contributed by atoms with Gasteiger partial charge in [0.2, 0.25) is 0 Å². The van der Waals surface area contributed by atoms with Crippen LogP contribution in [0.15, 0.2) is 23.2 Å². The van der Waals surface area contributed by atoms with Crippen LogP contribution in [-0.2, 0) is 6.54 Å². The molecule has 1 unspecified atom stereocenters. The van der Waals surface area contributed by atoms with Gasteiger partial charge in [-0.1, -0.05) is 12.5 Å². The summed E-state index contributed by atoms with van der Waals surface area (Å²) >= 11 is 0. The SMILES string of the molecule is CCNC(=NCc1ccc(N2CCC(O)CC2)c(F)c1)N1CCC(CN2CCCCC2)C1. The van der Waals surface area contributed by atoms with E-state index in [9.17, 15) is 9.50 Å². The smallest absolute Gasteiger partial charge is 0.194 e. The number of aliphatic hydroxyl groups is 1. The summed E-state index contributed by atoms with van der Waals surface area (Å²) in [5, 5.41) is 13.1. The predicted molar refractivity (Wildman–Crippen MR) is 129 cm³/mol. The van der Waals surface area contributed by atoms with Crippen LogP contribution in [0.3, 0.4) is 0 Å². The Hall–Kier alpha value is -1.86. The van der Waals surface area contributed by atoms with Crippen molar-refractivity contribution in [2.24, 2.45) is 10.9 Å². The van der Waals surface area contributed by atoms with Gasteiger partial charge in [0, 0.05) is 39.3 Å². The molecule has 3 heterocycles. The van der Waals surface area contributed by atoms with Gasteiger partial charge < -0.3 is 25.1 Å². The van der Waals surface area contributed by atoms with E-state index >= 15 is 0 Å². The van der Waals surface area contributed by atoms with E-state index in [4.69, 9.17) is 4.99 Å². The second-order valence-corrected chi connectivity index (χ2v) is 9.64.